The molecule has 0 aliphatic rings. The topological polar surface area (TPSA) is 66.6 Å². The van der Waals surface area contributed by atoms with E-state index < -0.39 is 12.0 Å². The number of rotatable bonds is 5. The van der Waals surface area contributed by atoms with Gasteiger partial charge in [-0.05, 0) is 25.0 Å². The molecule has 1 aromatic carbocycles. The van der Waals surface area contributed by atoms with Crippen molar-refractivity contribution in [1.82, 2.24) is 0 Å². The SMILES string of the molecule is Cc1ccccc1N(C)CCC(N)C(=O)O. The van der Waals surface area contributed by atoms with E-state index in [0.717, 1.165) is 5.69 Å². The second kappa shape index (κ2) is 5.51. The van der Waals surface area contributed by atoms with Crippen molar-refractivity contribution in [2.24, 2.45) is 5.73 Å². The van der Waals surface area contributed by atoms with Gasteiger partial charge >= 0.3 is 5.97 Å². The van der Waals surface area contributed by atoms with Crippen molar-refractivity contribution in [3.63, 3.8) is 0 Å². The zero-order valence-electron chi connectivity index (χ0n) is 9.68. The first-order valence-corrected chi connectivity index (χ1v) is 5.27. The maximum absolute atomic E-state index is 10.6. The minimum atomic E-state index is -0.946. The highest BCUT2D eigenvalue weighted by Crippen LogP contribution is 2.17. The average molecular weight is 222 g/mol. The highest BCUT2D eigenvalue weighted by molar-refractivity contribution is 5.73. The Bertz CT molecular complexity index is 366. The summed E-state index contributed by atoms with van der Waals surface area (Å²) in [4.78, 5) is 12.6. The maximum Gasteiger partial charge on any atom is 0.320 e. The van der Waals surface area contributed by atoms with E-state index in [4.69, 9.17) is 10.8 Å². The molecule has 1 atom stereocenters. The Hall–Kier alpha value is -1.55. The van der Waals surface area contributed by atoms with Gasteiger partial charge in [0.2, 0.25) is 0 Å². The Labute approximate surface area is 95.7 Å². The number of hydrogen-bond acceptors (Lipinski definition) is 3. The molecule has 0 saturated carbocycles. The van der Waals surface area contributed by atoms with Gasteiger partial charge in [0.1, 0.15) is 6.04 Å². The van der Waals surface area contributed by atoms with Gasteiger partial charge in [0.15, 0.2) is 0 Å². The van der Waals surface area contributed by atoms with E-state index >= 15 is 0 Å². The Morgan fingerprint density at radius 2 is 2.12 bits per heavy atom. The lowest BCUT2D eigenvalue weighted by Crippen LogP contribution is -2.34. The van der Waals surface area contributed by atoms with E-state index in [9.17, 15) is 4.79 Å². The molecule has 4 nitrogen and oxygen atoms in total. The number of anilines is 1. The minimum Gasteiger partial charge on any atom is -0.480 e. The molecular weight excluding hydrogens is 204 g/mol. The third kappa shape index (κ3) is 3.24. The van der Waals surface area contributed by atoms with Crippen LogP contribution < -0.4 is 10.6 Å². The molecule has 0 spiro atoms. The van der Waals surface area contributed by atoms with Gasteiger partial charge in [-0.3, -0.25) is 4.79 Å². The maximum atomic E-state index is 10.6. The van der Waals surface area contributed by atoms with Crippen molar-refractivity contribution >= 4 is 11.7 Å². The summed E-state index contributed by atoms with van der Waals surface area (Å²) in [6.45, 7) is 2.67. The van der Waals surface area contributed by atoms with Crippen LogP contribution in [0.3, 0.4) is 0 Å². The van der Waals surface area contributed by atoms with Gasteiger partial charge in [-0.1, -0.05) is 18.2 Å². The zero-order valence-corrected chi connectivity index (χ0v) is 9.68. The molecule has 0 saturated heterocycles. The molecule has 0 fully saturated rings. The Kier molecular flexibility index (Phi) is 4.31. The van der Waals surface area contributed by atoms with Gasteiger partial charge in [0.25, 0.3) is 0 Å². The number of hydrogen-bond donors (Lipinski definition) is 2. The number of aliphatic carboxylic acids is 1. The number of nitrogens with two attached hydrogens (primary N) is 1. The van der Waals surface area contributed by atoms with Gasteiger partial charge in [-0.2, -0.15) is 0 Å². The number of aryl methyl sites for hydroxylation is 1. The normalized spacial score (nSPS) is 12.2. The summed E-state index contributed by atoms with van der Waals surface area (Å²) in [5.74, 6) is -0.946. The summed E-state index contributed by atoms with van der Waals surface area (Å²) in [6.07, 6.45) is 0.445. The first kappa shape index (κ1) is 12.5. The third-order valence-electron chi connectivity index (χ3n) is 2.62. The van der Waals surface area contributed by atoms with Gasteiger partial charge in [0, 0.05) is 19.3 Å². The fraction of sp³-hybridized carbons (Fsp3) is 0.417. The van der Waals surface area contributed by atoms with Gasteiger partial charge in [-0.15, -0.1) is 0 Å². The van der Waals surface area contributed by atoms with Crippen LogP contribution in [0, 0.1) is 6.92 Å². The fourth-order valence-electron chi connectivity index (χ4n) is 1.57. The Morgan fingerprint density at radius 3 is 2.69 bits per heavy atom. The van der Waals surface area contributed by atoms with Crippen molar-refractivity contribution in [2.45, 2.75) is 19.4 Å². The van der Waals surface area contributed by atoms with Crippen LogP contribution in [-0.2, 0) is 4.79 Å². The van der Waals surface area contributed by atoms with Gasteiger partial charge in [-0.25, -0.2) is 0 Å². The molecule has 0 aliphatic carbocycles. The standard InChI is InChI=1S/C12H18N2O2/c1-9-5-3-4-6-11(9)14(2)8-7-10(13)12(15)16/h3-6,10H,7-8,13H2,1-2H3,(H,15,16). The molecule has 0 bridgehead atoms. The zero-order chi connectivity index (χ0) is 12.1. The molecule has 0 aliphatic heterocycles. The van der Waals surface area contributed by atoms with E-state index in [0.29, 0.717) is 13.0 Å². The molecule has 0 aromatic heterocycles. The van der Waals surface area contributed by atoms with Crippen LogP contribution in [0.4, 0.5) is 5.69 Å². The molecule has 1 rings (SSSR count). The molecule has 0 heterocycles. The summed E-state index contributed by atoms with van der Waals surface area (Å²) >= 11 is 0. The molecular formula is C12H18N2O2. The quantitative estimate of drug-likeness (QED) is 0.786. The number of carboxylic acids is 1. The third-order valence-corrected chi connectivity index (χ3v) is 2.62. The number of para-hydroxylation sites is 1. The highest BCUT2D eigenvalue weighted by Gasteiger charge is 2.12. The summed E-state index contributed by atoms with van der Waals surface area (Å²) in [6, 6.07) is 7.21. The van der Waals surface area contributed by atoms with E-state index in [2.05, 4.69) is 0 Å². The predicted molar refractivity (Wildman–Crippen MR) is 64.7 cm³/mol. The Morgan fingerprint density at radius 1 is 1.50 bits per heavy atom. The van der Waals surface area contributed by atoms with Crippen LogP contribution in [0.25, 0.3) is 0 Å². The second-order valence-electron chi connectivity index (χ2n) is 3.94. The van der Waals surface area contributed by atoms with Gasteiger partial charge in [0.05, 0.1) is 0 Å². The summed E-state index contributed by atoms with van der Waals surface area (Å²) in [5, 5.41) is 8.68. The molecule has 1 aromatic rings. The summed E-state index contributed by atoms with van der Waals surface area (Å²) < 4.78 is 0. The predicted octanol–water partition coefficient (Wildman–Crippen LogP) is 1.23. The van der Waals surface area contributed by atoms with E-state index in [-0.39, 0.29) is 0 Å². The molecule has 0 amide bonds. The van der Waals surface area contributed by atoms with Crippen molar-refractivity contribution in [2.75, 3.05) is 18.5 Å². The molecule has 88 valence electrons. The van der Waals surface area contributed by atoms with Crippen LogP contribution in [-0.4, -0.2) is 30.7 Å². The lowest BCUT2D eigenvalue weighted by molar-refractivity contribution is -0.138. The molecule has 0 radical (unpaired) electrons. The molecule has 4 heteroatoms. The van der Waals surface area contributed by atoms with Crippen molar-refractivity contribution in [1.29, 1.82) is 0 Å². The Balaban J connectivity index is 2.56. The van der Waals surface area contributed by atoms with Crippen LogP contribution in [0.2, 0.25) is 0 Å². The number of nitrogens with zero attached hydrogens (tertiary/aromatic N) is 1. The number of carboxylic acid groups (broad SMARTS) is 1. The lowest BCUT2D eigenvalue weighted by atomic mass is 10.1. The first-order valence-electron chi connectivity index (χ1n) is 5.27. The first-order chi connectivity index (χ1) is 7.52. The van der Waals surface area contributed by atoms with Crippen molar-refractivity contribution < 1.29 is 9.90 Å². The van der Waals surface area contributed by atoms with E-state index in [1.807, 2.05) is 43.1 Å². The second-order valence-corrected chi connectivity index (χ2v) is 3.94. The van der Waals surface area contributed by atoms with Crippen molar-refractivity contribution in [3.05, 3.63) is 29.8 Å². The lowest BCUT2D eigenvalue weighted by Gasteiger charge is -2.22. The average Bonchev–Trinajstić information content (AvgIpc) is 2.25. The van der Waals surface area contributed by atoms with Gasteiger partial charge < -0.3 is 15.7 Å². The fourth-order valence-corrected chi connectivity index (χ4v) is 1.57. The minimum absolute atomic E-state index is 0.445. The summed E-state index contributed by atoms with van der Waals surface area (Å²) in [5.41, 5.74) is 7.74. The highest BCUT2D eigenvalue weighted by atomic mass is 16.4. The molecule has 1 unspecified atom stereocenters. The number of carbonyl (C=O) groups is 1. The largest absolute Gasteiger partial charge is 0.480 e. The smallest absolute Gasteiger partial charge is 0.320 e. The van der Waals surface area contributed by atoms with Crippen LogP contribution >= 0.6 is 0 Å². The van der Waals surface area contributed by atoms with Crippen LogP contribution in [0.15, 0.2) is 24.3 Å². The molecule has 16 heavy (non-hydrogen) atoms. The van der Waals surface area contributed by atoms with E-state index in [1.165, 1.54) is 5.56 Å². The van der Waals surface area contributed by atoms with Crippen LogP contribution in [0.1, 0.15) is 12.0 Å². The molecule has 3 N–H and O–H groups in total. The van der Waals surface area contributed by atoms with Crippen molar-refractivity contribution in [3.8, 4) is 0 Å². The number of benzene rings is 1. The summed E-state index contributed by atoms with van der Waals surface area (Å²) in [7, 11) is 1.94. The monoisotopic (exact) mass is 222 g/mol. The van der Waals surface area contributed by atoms with E-state index in [1.54, 1.807) is 0 Å². The van der Waals surface area contributed by atoms with Crippen LogP contribution in [0.5, 0.6) is 0 Å².